The summed E-state index contributed by atoms with van der Waals surface area (Å²) < 4.78 is 5.70. The average molecular weight is 332 g/mol. The molecule has 0 spiro atoms. The number of ether oxygens (including phenoxy) is 1. The summed E-state index contributed by atoms with van der Waals surface area (Å²) in [6, 6.07) is 17.1. The molecule has 0 bridgehead atoms. The summed E-state index contributed by atoms with van der Waals surface area (Å²) >= 11 is 0. The maximum absolute atomic E-state index is 12.2. The number of carbonyl (C=O) groups is 1. The Hall–Kier alpha value is -2.88. The van der Waals surface area contributed by atoms with Crippen LogP contribution in [0.3, 0.4) is 0 Å². The topological polar surface area (TPSA) is 50.7 Å². The number of nitrogens with zero attached hydrogens (tertiary/aromatic N) is 1. The van der Waals surface area contributed by atoms with Crippen LogP contribution in [0.1, 0.15) is 28.8 Å². The van der Waals surface area contributed by atoms with Gasteiger partial charge in [0.1, 0.15) is 12.4 Å². The number of para-hydroxylation sites is 1. The van der Waals surface area contributed by atoms with Crippen LogP contribution in [-0.2, 0) is 6.61 Å². The second kappa shape index (κ2) is 6.93. The molecule has 2 aromatic rings. The van der Waals surface area contributed by atoms with E-state index in [4.69, 9.17) is 4.74 Å². The van der Waals surface area contributed by atoms with Crippen molar-refractivity contribution in [3.05, 3.63) is 77.9 Å². The third kappa shape index (κ3) is 3.48. The lowest BCUT2D eigenvalue weighted by atomic mass is 9.74. The number of fused-ring (bicyclic) bond motifs is 1. The van der Waals surface area contributed by atoms with Crippen molar-refractivity contribution in [1.82, 2.24) is 5.43 Å². The van der Waals surface area contributed by atoms with Crippen molar-refractivity contribution in [2.75, 3.05) is 0 Å². The molecule has 126 valence electrons. The Kier molecular flexibility index (Phi) is 4.34. The molecule has 1 N–H and O–H groups in total. The van der Waals surface area contributed by atoms with Gasteiger partial charge >= 0.3 is 0 Å². The second-order valence-corrected chi connectivity index (χ2v) is 6.50. The van der Waals surface area contributed by atoms with Gasteiger partial charge in [-0.3, -0.25) is 4.79 Å². The van der Waals surface area contributed by atoms with Crippen LogP contribution in [0.15, 0.2) is 71.9 Å². The van der Waals surface area contributed by atoms with Gasteiger partial charge in [0.05, 0.1) is 0 Å². The zero-order valence-electron chi connectivity index (χ0n) is 13.9. The zero-order chi connectivity index (χ0) is 17.1. The summed E-state index contributed by atoms with van der Waals surface area (Å²) in [5, 5.41) is 4.29. The van der Waals surface area contributed by atoms with Gasteiger partial charge in [0, 0.05) is 17.2 Å². The highest BCUT2D eigenvalue weighted by molar-refractivity contribution is 5.98. The first-order chi connectivity index (χ1) is 12.3. The number of carbonyl (C=O) groups excluding carboxylic acids is 1. The van der Waals surface area contributed by atoms with Crippen LogP contribution in [0, 0.1) is 11.8 Å². The fourth-order valence-corrected chi connectivity index (χ4v) is 3.28. The summed E-state index contributed by atoms with van der Waals surface area (Å²) in [5.74, 6) is 1.81. The molecular weight excluding hydrogens is 312 g/mol. The molecule has 0 saturated heterocycles. The summed E-state index contributed by atoms with van der Waals surface area (Å²) in [5.41, 5.74) is 5.38. The highest BCUT2D eigenvalue weighted by atomic mass is 16.5. The van der Waals surface area contributed by atoms with E-state index in [9.17, 15) is 4.79 Å². The van der Waals surface area contributed by atoms with Gasteiger partial charge in [-0.2, -0.15) is 5.10 Å². The number of hydrogen-bond donors (Lipinski definition) is 1. The van der Waals surface area contributed by atoms with E-state index in [0.29, 0.717) is 24.0 Å². The van der Waals surface area contributed by atoms with Gasteiger partial charge in [-0.1, -0.05) is 42.5 Å². The van der Waals surface area contributed by atoms with Gasteiger partial charge in [0.15, 0.2) is 0 Å². The van der Waals surface area contributed by atoms with E-state index in [1.807, 2.05) is 42.5 Å². The van der Waals surface area contributed by atoms with E-state index in [0.717, 1.165) is 29.9 Å². The van der Waals surface area contributed by atoms with Crippen molar-refractivity contribution in [2.24, 2.45) is 16.9 Å². The summed E-state index contributed by atoms with van der Waals surface area (Å²) in [6.45, 7) is 0.476. The van der Waals surface area contributed by atoms with E-state index >= 15 is 0 Å². The first kappa shape index (κ1) is 15.6. The highest BCUT2D eigenvalue weighted by Crippen LogP contribution is 2.40. The quantitative estimate of drug-likeness (QED) is 0.666. The predicted octanol–water partition coefficient (Wildman–Crippen LogP) is 3.95. The van der Waals surface area contributed by atoms with Gasteiger partial charge in [0.25, 0.3) is 5.91 Å². The molecule has 1 amide bonds. The zero-order valence-corrected chi connectivity index (χ0v) is 13.9. The molecule has 2 aliphatic rings. The number of hydrogen-bond acceptors (Lipinski definition) is 3. The largest absolute Gasteiger partial charge is 0.489 e. The van der Waals surface area contributed by atoms with Crippen LogP contribution < -0.4 is 10.2 Å². The van der Waals surface area contributed by atoms with Crippen LogP contribution in [0.5, 0.6) is 5.75 Å². The van der Waals surface area contributed by atoms with E-state index in [-0.39, 0.29) is 5.91 Å². The molecule has 1 fully saturated rings. The fraction of sp³-hybridized carbons (Fsp3) is 0.238. The van der Waals surface area contributed by atoms with Crippen molar-refractivity contribution in [2.45, 2.75) is 19.4 Å². The number of hydrazone groups is 1. The van der Waals surface area contributed by atoms with Crippen molar-refractivity contribution in [3.8, 4) is 5.75 Å². The molecule has 4 rings (SSSR count). The molecule has 0 aromatic heterocycles. The Morgan fingerprint density at radius 2 is 1.92 bits per heavy atom. The standard InChI is InChI=1S/C21H20N2O2/c24-21(23-22-20-13-17-5-4-8-19(17)20)16-11-9-15(10-12-16)14-25-18-6-2-1-3-7-18/h1-4,6-12,17,19H,5,13-14H2,(H,23,24)/b22-20-/t17-,19+/m0/s1. The molecule has 2 atom stereocenters. The molecule has 0 aliphatic heterocycles. The van der Waals surface area contributed by atoms with Crippen LogP contribution in [0.25, 0.3) is 0 Å². The highest BCUT2D eigenvalue weighted by Gasteiger charge is 2.37. The Labute approximate surface area is 147 Å². The number of benzene rings is 2. The lowest BCUT2D eigenvalue weighted by Crippen LogP contribution is -2.35. The number of nitrogens with one attached hydrogen (secondary N) is 1. The fourth-order valence-electron chi connectivity index (χ4n) is 3.28. The number of allylic oxidation sites excluding steroid dienone is 2. The number of amides is 1. The first-order valence-corrected chi connectivity index (χ1v) is 8.60. The molecule has 25 heavy (non-hydrogen) atoms. The minimum Gasteiger partial charge on any atom is -0.489 e. The van der Waals surface area contributed by atoms with Gasteiger partial charge < -0.3 is 4.74 Å². The molecule has 2 aromatic carbocycles. The van der Waals surface area contributed by atoms with Crippen molar-refractivity contribution < 1.29 is 9.53 Å². The molecule has 2 aliphatic carbocycles. The normalized spacial score (nSPS) is 22.3. The maximum Gasteiger partial charge on any atom is 0.271 e. The summed E-state index contributed by atoms with van der Waals surface area (Å²) in [7, 11) is 0. The smallest absolute Gasteiger partial charge is 0.271 e. The molecular formula is C21H20N2O2. The third-order valence-corrected chi connectivity index (χ3v) is 4.81. The van der Waals surface area contributed by atoms with Crippen molar-refractivity contribution >= 4 is 11.6 Å². The lowest BCUT2D eigenvalue weighted by molar-refractivity contribution is 0.0954. The van der Waals surface area contributed by atoms with Crippen molar-refractivity contribution in [1.29, 1.82) is 0 Å². The third-order valence-electron chi connectivity index (χ3n) is 4.81. The molecule has 0 radical (unpaired) electrons. The van der Waals surface area contributed by atoms with Crippen LogP contribution in [0.4, 0.5) is 0 Å². The van der Waals surface area contributed by atoms with E-state index in [1.54, 1.807) is 12.1 Å². The van der Waals surface area contributed by atoms with Gasteiger partial charge in [-0.15, -0.1) is 0 Å². The van der Waals surface area contributed by atoms with Gasteiger partial charge in [-0.05, 0) is 48.6 Å². The van der Waals surface area contributed by atoms with Crippen molar-refractivity contribution in [3.63, 3.8) is 0 Å². The Balaban J connectivity index is 1.31. The average Bonchev–Trinajstić information content (AvgIpc) is 3.02. The summed E-state index contributed by atoms with van der Waals surface area (Å²) in [4.78, 5) is 12.2. The van der Waals surface area contributed by atoms with Crippen LogP contribution >= 0.6 is 0 Å². The summed E-state index contributed by atoms with van der Waals surface area (Å²) in [6.07, 6.45) is 6.54. The van der Waals surface area contributed by atoms with E-state index < -0.39 is 0 Å². The minimum atomic E-state index is -0.173. The van der Waals surface area contributed by atoms with E-state index in [1.165, 1.54) is 0 Å². The monoisotopic (exact) mass is 332 g/mol. The predicted molar refractivity (Wildman–Crippen MR) is 97.5 cm³/mol. The SMILES string of the molecule is O=C(N/N=C1/C[C@@H]2CC=C[C@@H]12)c1ccc(COc2ccccc2)cc1. The molecule has 0 unspecified atom stereocenters. The Morgan fingerprint density at radius 3 is 2.68 bits per heavy atom. The first-order valence-electron chi connectivity index (χ1n) is 8.60. The maximum atomic E-state index is 12.2. The molecule has 1 saturated carbocycles. The lowest BCUT2D eigenvalue weighted by Gasteiger charge is -2.31. The second-order valence-electron chi connectivity index (χ2n) is 6.50. The van der Waals surface area contributed by atoms with Crippen LogP contribution in [0.2, 0.25) is 0 Å². The Morgan fingerprint density at radius 1 is 1.12 bits per heavy atom. The van der Waals surface area contributed by atoms with E-state index in [2.05, 4.69) is 22.7 Å². The van der Waals surface area contributed by atoms with Crippen LogP contribution in [-0.4, -0.2) is 11.6 Å². The molecule has 4 heteroatoms. The van der Waals surface area contributed by atoms with Gasteiger partial charge in [0.2, 0.25) is 0 Å². The Bertz CT molecular complexity index is 810. The number of rotatable bonds is 5. The minimum absolute atomic E-state index is 0.173. The van der Waals surface area contributed by atoms with Gasteiger partial charge in [-0.25, -0.2) is 5.43 Å². The molecule has 4 nitrogen and oxygen atoms in total. The molecule has 0 heterocycles.